The molecule has 0 aliphatic heterocycles. The summed E-state index contributed by atoms with van der Waals surface area (Å²) in [5.41, 5.74) is 0.902. The molecule has 0 spiro atoms. The molecule has 3 unspecified atom stereocenters. The fraction of sp³-hybridized carbons (Fsp3) is 0.700. The zero-order valence-corrected chi connectivity index (χ0v) is 9.34. The number of aromatic amines is 1. The van der Waals surface area contributed by atoms with Crippen LogP contribution in [-0.4, -0.2) is 14.7 Å². The van der Waals surface area contributed by atoms with Crippen molar-refractivity contribution in [3.8, 4) is 0 Å². The van der Waals surface area contributed by atoms with Gasteiger partial charge in [-0.05, 0) is 30.5 Å². The Labute approximate surface area is 88.8 Å². The number of hydrogen-bond donors (Lipinski definition) is 2. The summed E-state index contributed by atoms with van der Waals surface area (Å²) in [6, 6.07) is 0.478. The highest BCUT2D eigenvalue weighted by atomic mass is 32.1. The van der Waals surface area contributed by atoms with E-state index in [2.05, 4.69) is 23.4 Å². The number of nitrogens with one attached hydrogen (secondary N) is 1. The summed E-state index contributed by atoms with van der Waals surface area (Å²) in [5.74, 6) is 1.42. The lowest BCUT2D eigenvalue weighted by Gasteiger charge is -2.42. The maximum Gasteiger partial charge on any atom is 0.177 e. The van der Waals surface area contributed by atoms with Gasteiger partial charge in [-0.25, -0.2) is 0 Å². The average molecular weight is 212 g/mol. The molecule has 4 heteroatoms. The smallest absolute Gasteiger partial charge is 0.177 e. The molecule has 1 aromatic rings. The van der Waals surface area contributed by atoms with Crippen molar-refractivity contribution >= 4 is 12.2 Å². The second-order valence-electron chi connectivity index (χ2n) is 4.25. The molecular weight excluding hydrogens is 196 g/mol. The highest BCUT2D eigenvalue weighted by Gasteiger charge is 2.36. The van der Waals surface area contributed by atoms with E-state index in [0.29, 0.717) is 12.0 Å². The third-order valence-electron chi connectivity index (χ3n) is 3.50. The highest BCUT2D eigenvalue weighted by Crippen LogP contribution is 2.43. The van der Waals surface area contributed by atoms with E-state index < -0.39 is 0 Å². The third kappa shape index (κ3) is 1.33. The minimum Gasteiger partial charge on any atom is -0.390 e. The number of nitrogens with zero attached hydrogens (tertiary/aromatic N) is 1. The Bertz CT molecular complexity index is 382. The first-order valence-corrected chi connectivity index (χ1v) is 5.45. The Morgan fingerprint density at radius 1 is 1.64 bits per heavy atom. The van der Waals surface area contributed by atoms with E-state index in [4.69, 9.17) is 17.3 Å². The number of aliphatic hydroxyl groups is 1. The quantitative estimate of drug-likeness (QED) is 0.738. The molecule has 2 N–H and O–H groups in total. The molecule has 0 saturated heterocycles. The molecule has 0 bridgehead atoms. The summed E-state index contributed by atoms with van der Waals surface area (Å²) in [6.07, 6.45) is 2.97. The average Bonchev–Trinajstić information content (AvgIpc) is 2.55. The van der Waals surface area contributed by atoms with E-state index in [1.165, 1.54) is 6.42 Å². The van der Waals surface area contributed by atoms with Crippen molar-refractivity contribution in [3.63, 3.8) is 0 Å². The van der Waals surface area contributed by atoms with Crippen LogP contribution in [0.2, 0.25) is 0 Å². The molecule has 78 valence electrons. The van der Waals surface area contributed by atoms with Crippen molar-refractivity contribution in [2.24, 2.45) is 11.8 Å². The van der Waals surface area contributed by atoms with Crippen LogP contribution in [0.25, 0.3) is 0 Å². The van der Waals surface area contributed by atoms with Crippen molar-refractivity contribution in [2.75, 3.05) is 0 Å². The van der Waals surface area contributed by atoms with Gasteiger partial charge in [0.15, 0.2) is 4.77 Å². The summed E-state index contributed by atoms with van der Waals surface area (Å²) in [7, 11) is 0. The first-order chi connectivity index (χ1) is 6.65. The lowest BCUT2D eigenvalue weighted by Crippen LogP contribution is -2.35. The second-order valence-corrected chi connectivity index (χ2v) is 4.64. The van der Waals surface area contributed by atoms with E-state index in [9.17, 15) is 0 Å². The summed E-state index contributed by atoms with van der Waals surface area (Å²) >= 11 is 5.20. The van der Waals surface area contributed by atoms with Gasteiger partial charge in [0.2, 0.25) is 0 Å². The molecule has 2 rings (SSSR count). The van der Waals surface area contributed by atoms with Gasteiger partial charge in [-0.3, -0.25) is 0 Å². The normalized spacial score (nSPS) is 31.5. The Balaban J connectivity index is 2.32. The Hall–Kier alpha value is -0.610. The standard InChI is InChI=1S/C10H16N2OS/c1-6-3-9(7(6)2)12-8(5-13)4-11-10(12)14/h4,6-7,9,13H,3,5H2,1-2H3,(H,11,14). The van der Waals surface area contributed by atoms with Gasteiger partial charge in [0.25, 0.3) is 0 Å². The van der Waals surface area contributed by atoms with Crippen LogP contribution in [0.3, 0.4) is 0 Å². The minimum atomic E-state index is 0.0603. The number of aromatic nitrogens is 2. The maximum absolute atomic E-state index is 9.17. The van der Waals surface area contributed by atoms with Crippen LogP contribution < -0.4 is 0 Å². The first-order valence-electron chi connectivity index (χ1n) is 5.04. The molecular formula is C10H16N2OS. The monoisotopic (exact) mass is 212 g/mol. The first kappa shape index (κ1) is 9.93. The lowest BCUT2D eigenvalue weighted by atomic mass is 9.71. The fourth-order valence-corrected chi connectivity index (χ4v) is 2.55. The number of imidazole rings is 1. The molecule has 1 aromatic heterocycles. The minimum absolute atomic E-state index is 0.0603. The van der Waals surface area contributed by atoms with E-state index >= 15 is 0 Å². The van der Waals surface area contributed by atoms with Crippen molar-refractivity contribution in [2.45, 2.75) is 32.9 Å². The molecule has 1 fully saturated rings. The topological polar surface area (TPSA) is 41.0 Å². The fourth-order valence-electron chi connectivity index (χ4n) is 2.23. The van der Waals surface area contributed by atoms with E-state index in [0.717, 1.165) is 16.4 Å². The van der Waals surface area contributed by atoms with Gasteiger partial charge in [-0.1, -0.05) is 13.8 Å². The van der Waals surface area contributed by atoms with Crippen molar-refractivity contribution in [1.82, 2.24) is 9.55 Å². The molecule has 0 amide bonds. The number of rotatable bonds is 2. The van der Waals surface area contributed by atoms with Crippen LogP contribution in [-0.2, 0) is 6.61 Å². The number of hydrogen-bond acceptors (Lipinski definition) is 2. The van der Waals surface area contributed by atoms with Crippen LogP contribution in [0.4, 0.5) is 0 Å². The predicted molar refractivity (Wildman–Crippen MR) is 57.5 cm³/mol. The van der Waals surface area contributed by atoms with E-state index in [-0.39, 0.29) is 6.61 Å². The zero-order valence-electron chi connectivity index (χ0n) is 8.53. The molecule has 0 radical (unpaired) electrons. The van der Waals surface area contributed by atoms with Gasteiger partial charge < -0.3 is 14.7 Å². The van der Waals surface area contributed by atoms with Crippen molar-refractivity contribution < 1.29 is 5.11 Å². The highest BCUT2D eigenvalue weighted by molar-refractivity contribution is 7.71. The molecule has 0 aromatic carbocycles. The van der Waals surface area contributed by atoms with Crippen LogP contribution in [0.5, 0.6) is 0 Å². The molecule has 1 aliphatic carbocycles. The van der Waals surface area contributed by atoms with E-state index in [1.54, 1.807) is 6.20 Å². The van der Waals surface area contributed by atoms with Crippen LogP contribution in [0, 0.1) is 16.6 Å². The van der Waals surface area contributed by atoms with Gasteiger partial charge in [-0.15, -0.1) is 0 Å². The molecule has 1 aliphatic rings. The van der Waals surface area contributed by atoms with Crippen molar-refractivity contribution in [3.05, 3.63) is 16.7 Å². The Kier molecular flexibility index (Phi) is 2.49. The zero-order chi connectivity index (χ0) is 10.3. The molecule has 14 heavy (non-hydrogen) atoms. The third-order valence-corrected chi connectivity index (χ3v) is 3.82. The van der Waals surface area contributed by atoms with Gasteiger partial charge in [0.05, 0.1) is 12.3 Å². The van der Waals surface area contributed by atoms with Crippen LogP contribution in [0.1, 0.15) is 32.0 Å². The summed E-state index contributed by atoms with van der Waals surface area (Å²) in [5, 5.41) is 9.17. The lowest BCUT2D eigenvalue weighted by molar-refractivity contribution is 0.103. The molecule has 1 saturated carbocycles. The molecule has 3 atom stereocenters. The second kappa shape index (κ2) is 3.51. The Morgan fingerprint density at radius 2 is 2.36 bits per heavy atom. The Morgan fingerprint density at radius 3 is 2.86 bits per heavy atom. The maximum atomic E-state index is 9.17. The van der Waals surface area contributed by atoms with Gasteiger partial charge in [0, 0.05) is 12.2 Å². The van der Waals surface area contributed by atoms with Crippen molar-refractivity contribution in [1.29, 1.82) is 0 Å². The summed E-state index contributed by atoms with van der Waals surface area (Å²) in [4.78, 5) is 2.99. The molecule has 1 heterocycles. The van der Waals surface area contributed by atoms with Gasteiger partial charge >= 0.3 is 0 Å². The predicted octanol–water partition coefficient (Wildman–Crippen LogP) is 2.25. The van der Waals surface area contributed by atoms with Gasteiger partial charge in [-0.2, -0.15) is 0 Å². The number of aliphatic hydroxyl groups excluding tert-OH is 1. The SMILES string of the molecule is CC1CC(n2c(CO)c[nH]c2=S)C1C. The molecule has 3 nitrogen and oxygen atoms in total. The van der Waals surface area contributed by atoms with Crippen LogP contribution >= 0.6 is 12.2 Å². The number of H-pyrrole nitrogens is 1. The summed E-state index contributed by atoms with van der Waals surface area (Å²) in [6.45, 7) is 4.57. The van der Waals surface area contributed by atoms with E-state index in [1.807, 2.05) is 0 Å². The largest absolute Gasteiger partial charge is 0.390 e. The van der Waals surface area contributed by atoms with Gasteiger partial charge in [0.1, 0.15) is 0 Å². The summed E-state index contributed by atoms with van der Waals surface area (Å²) < 4.78 is 2.80. The van der Waals surface area contributed by atoms with Crippen LogP contribution in [0.15, 0.2) is 6.20 Å².